The molecule has 0 saturated heterocycles. The lowest BCUT2D eigenvalue weighted by molar-refractivity contribution is -0.145. The monoisotopic (exact) mass is 429 g/mol. The molecule has 1 aliphatic rings. The highest BCUT2D eigenvalue weighted by Gasteiger charge is 2.47. The molecular weight excluding hydrogens is 411 g/mol. The molecule has 2 aromatic rings. The lowest BCUT2D eigenvalue weighted by Crippen LogP contribution is -2.24. The fourth-order valence-electron chi connectivity index (χ4n) is 3.60. The fraction of sp³-hybridized carbons (Fsp3) is 0.368. The molecule has 1 aliphatic carbocycles. The number of nitrogens with zero attached hydrogens (tertiary/aromatic N) is 1. The zero-order chi connectivity index (χ0) is 21.4. The molecule has 29 heavy (non-hydrogen) atoms. The molecule has 0 bridgehead atoms. The topological polar surface area (TPSA) is 93.6 Å². The number of carboxylic acid groups (broad SMARTS) is 1. The second-order valence-electron chi connectivity index (χ2n) is 6.78. The van der Waals surface area contributed by atoms with Crippen LogP contribution in [0.25, 0.3) is 11.3 Å². The molecule has 1 aromatic carbocycles. The smallest absolute Gasteiger partial charge is 0.417 e. The van der Waals surface area contributed by atoms with Gasteiger partial charge in [-0.3, -0.25) is 9.78 Å². The minimum atomic E-state index is -4.92. The van der Waals surface area contributed by atoms with Crippen molar-refractivity contribution in [3.05, 3.63) is 48.2 Å². The average Bonchev–Trinajstić information content (AvgIpc) is 3.13. The van der Waals surface area contributed by atoms with E-state index in [0.717, 1.165) is 12.1 Å². The number of ether oxygens (including phenoxy) is 1. The standard InChI is InChI=1S/C19H18F3NO5S/c1-28-16-10-12(9-13(16)18(24)25)29(26,27)17-6-5-11(8-14(17)19(20,21)22)15-4-2-3-7-23-15/h2-8,12-13,16H,9-10H2,1H3,(H,24,25). The van der Waals surface area contributed by atoms with Gasteiger partial charge in [-0.1, -0.05) is 12.1 Å². The molecule has 3 unspecified atom stereocenters. The van der Waals surface area contributed by atoms with E-state index in [1.807, 2.05) is 0 Å². The number of halogens is 3. The first-order chi connectivity index (χ1) is 13.6. The number of hydrogen-bond acceptors (Lipinski definition) is 5. The van der Waals surface area contributed by atoms with E-state index in [0.29, 0.717) is 0 Å². The number of sulfone groups is 1. The lowest BCUT2D eigenvalue weighted by Gasteiger charge is -2.18. The Morgan fingerprint density at radius 1 is 1.21 bits per heavy atom. The number of benzene rings is 1. The van der Waals surface area contributed by atoms with Crippen molar-refractivity contribution in [2.75, 3.05) is 7.11 Å². The number of methoxy groups -OCH3 is 1. The van der Waals surface area contributed by atoms with Gasteiger partial charge in [0.2, 0.25) is 0 Å². The zero-order valence-electron chi connectivity index (χ0n) is 15.3. The first kappa shape index (κ1) is 21.3. The highest BCUT2D eigenvalue weighted by Crippen LogP contribution is 2.41. The zero-order valence-corrected chi connectivity index (χ0v) is 16.1. The number of carbonyl (C=O) groups is 1. The molecule has 1 N–H and O–H groups in total. The Labute approximate surface area is 165 Å². The van der Waals surface area contributed by atoms with Gasteiger partial charge in [-0.15, -0.1) is 0 Å². The fourth-order valence-corrected chi connectivity index (χ4v) is 5.60. The van der Waals surface area contributed by atoms with Crippen molar-refractivity contribution in [3.63, 3.8) is 0 Å². The van der Waals surface area contributed by atoms with Gasteiger partial charge in [0.15, 0.2) is 9.84 Å². The number of rotatable bonds is 5. The third-order valence-corrected chi connectivity index (χ3v) is 7.30. The second-order valence-corrected chi connectivity index (χ2v) is 8.98. The van der Waals surface area contributed by atoms with Crippen LogP contribution in [0.5, 0.6) is 0 Å². The Balaban J connectivity index is 2.06. The number of carboxylic acids is 1. The van der Waals surface area contributed by atoms with Crippen molar-refractivity contribution in [2.24, 2.45) is 5.92 Å². The lowest BCUT2D eigenvalue weighted by atomic mass is 10.1. The molecule has 1 fully saturated rings. The second kappa shape index (κ2) is 7.75. The SMILES string of the molecule is COC1CC(S(=O)(=O)c2ccc(-c3ccccn3)cc2C(F)(F)F)CC1C(=O)O. The summed E-state index contributed by atoms with van der Waals surface area (Å²) in [7, 11) is -3.20. The molecule has 0 aliphatic heterocycles. The van der Waals surface area contributed by atoms with E-state index in [1.165, 1.54) is 25.4 Å². The van der Waals surface area contributed by atoms with E-state index >= 15 is 0 Å². The summed E-state index contributed by atoms with van der Waals surface area (Å²) in [6.07, 6.45) is -4.87. The van der Waals surface area contributed by atoms with Crippen LogP contribution in [0.2, 0.25) is 0 Å². The Morgan fingerprint density at radius 3 is 2.45 bits per heavy atom. The summed E-state index contributed by atoms with van der Waals surface area (Å²) in [5, 5.41) is 7.97. The third-order valence-electron chi connectivity index (χ3n) is 5.07. The van der Waals surface area contributed by atoms with Crippen molar-refractivity contribution < 1.29 is 36.2 Å². The Kier molecular flexibility index (Phi) is 5.68. The van der Waals surface area contributed by atoms with Crippen LogP contribution in [-0.4, -0.2) is 42.9 Å². The van der Waals surface area contributed by atoms with Crippen LogP contribution >= 0.6 is 0 Å². The molecular formula is C19H18F3NO5S. The minimum Gasteiger partial charge on any atom is -0.481 e. The first-order valence-electron chi connectivity index (χ1n) is 8.68. The molecule has 0 amide bonds. The van der Waals surface area contributed by atoms with E-state index in [4.69, 9.17) is 4.74 Å². The molecule has 156 valence electrons. The Bertz CT molecular complexity index is 1010. The first-order valence-corrected chi connectivity index (χ1v) is 10.2. The third kappa shape index (κ3) is 4.13. The van der Waals surface area contributed by atoms with Crippen molar-refractivity contribution in [1.29, 1.82) is 0 Å². The van der Waals surface area contributed by atoms with Crippen molar-refractivity contribution in [2.45, 2.75) is 35.3 Å². The maximum absolute atomic E-state index is 13.7. The summed E-state index contributed by atoms with van der Waals surface area (Å²) in [6.45, 7) is 0. The Morgan fingerprint density at radius 2 is 1.93 bits per heavy atom. The van der Waals surface area contributed by atoms with E-state index in [2.05, 4.69) is 4.98 Å². The van der Waals surface area contributed by atoms with Crippen molar-refractivity contribution in [3.8, 4) is 11.3 Å². The van der Waals surface area contributed by atoms with Gasteiger partial charge < -0.3 is 9.84 Å². The summed E-state index contributed by atoms with van der Waals surface area (Å²) < 4.78 is 72.2. The summed E-state index contributed by atoms with van der Waals surface area (Å²) in [5.41, 5.74) is -0.900. The summed E-state index contributed by atoms with van der Waals surface area (Å²) in [4.78, 5) is 14.5. The number of aromatic nitrogens is 1. The molecule has 10 heteroatoms. The molecule has 1 saturated carbocycles. The van der Waals surface area contributed by atoms with Gasteiger partial charge in [-0.25, -0.2) is 8.42 Å². The van der Waals surface area contributed by atoms with E-state index in [-0.39, 0.29) is 24.1 Å². The van der Waals surface area contributed by atoms with Crippen LogP contribution in [0.1, 0.15) is 18.4 Å². The molecule has 0 radical (unpaired) electrons. The highest BCUT2D eigenvalue weighted by atomic mass is 32.2. The van der Waals surface area contributed by atoms with E-state index < -0.39 is 49.7 Å². The maximum atomic E-state index is 13.7. The predicted molar refractivity (Wildman–Crippen MR) is 96.8 cm³/mol. The van der Waals surface area contributed by atoms with Crippen LogP contribution in [0, 0.1) is 5.92 Å². The van der Waals surface area contributed by atoms with Gasteiger partial charge in [-0.2, -0.15) is 13.2 Å². The van der Waals surface area contributed by atoms with Gasteiger partial charge in [-0.05, 0) is 37.1 Å². The summed E-state index contributed by atoms with van der Waals surface area (Å²) in [5.74, 6) is -2.34. The van der Waals surface area contributed by atoms with Crippen LogP contribution in [0.15, 0.2) is 47.5 Å². The van der Waals surface area contributed by atoms with Gasteiger partial charge in [0.1, 0.15) is 0 Å². The number of aliphatic carboxylic acids is 1. The molecule has 1 aromatic heterocycles. The number of hydrogen-bond donors (Lipinski definition) is 1. The predicted octanol–water partition coefficient (Wildman–Crippen LogP) is 3.42. The normalized spacial score (nSPS) is 22.6. The molecule has 0 spiro atoms. The highest BCUT2D eigenvalue weighted by molar-refractivity contribution is 7.92. The molecule has 6 nitrogen and oxygen atoms in total. The van der Waals surface area contributed by atoms with Gasteiger partial charge in [0, 0.05) is 18.9 Å². The quantitative estimate of drug-likeness (QED) is 0.783. The van der Waals surface area contributed by atoms with E-state index in [1.54, 1.807) is 12.1 Å². The summed E-state index contributed by atoms with van der Waals surface area (Å²) in [6, 6.07) is 7.67. The van der Waals surface area contributed by atoms with Crippen molar-refractivity contribution >= 4 is 15.8 Å². The van der Waals surface area contributed by atoms with Crippen LogP contribution in [0.4, 0.5) is 13.2 Å². The number of pyridine rings is 1. The van der Waals surface area contributed by atoms with Gasteiger partial charge in [0.25, 0.3) is 0 Å². The van der Waals surface area contributed by atoms with Crippen LogP contribution in [-0.2, 0) is 25.5 Å². The molecule has 3 rings (SSSR count). The van der Waals surface area contributed by atoms with Crippen molar-refractivity contribution in [1.82, 2.24) is 4.98 Å². The van der Waals surface area contributed by atoms with Crippen LogP contribution in [0.3, 0.4) is 0 Å². The maximum Gasteiger partial charge on any atom is 0.417 e. The van der Waals surface area contributed by atoms with Gasteiger partial charge >= 0.3 is 12.1 Å². The molecule has 3 atom stereocenters. The number of alkyl halides is 3. The van der Waals surface area contributed by atoms with Gasteiger partial charge in [0.05, 0.1) is 33.4 Å². The largest absolute Gasteiger partial charge is 0.481 e. The summed E-state index contributed by atoms with van der Waals surface area (Å²) >= 11 is 0. The minimum absolute atomic E-state index is 0.126. The molecule has 1 heterocycles. The van der Waals surface area contributed by atoms with Crippen LogP contribution < -0.4 is 0 Å². The van der Waals surface area contributed by atoms with E-state index in [9.17, 15) is 31.5 Å². The average molecular weight is 429 g/mol. The Hall–Kier alpha value is -2.46.